The van der Waals surface area contributed by atoms with Crippen LogP contribution in [0.1, 0.15) is 32.3 Å². The molecule has 1 aliphatic rings. The number of nitrogens with two attached hydrogens (primary N) is 2. The van der Waals surface area contributed by atoms with Crippen molar-refractivity contribution >= 4 is 23.2 Å². The van der Waals surface area contributed by atoms with Crippen molar-refractivity contribution in [3.63, 3.8) is 0 Å². The second-order valence-corrected chi connectivity index (χ2v) is 8.65. The van der Waals surface area contributed by atoms with Gasteiger partial charge in [0, 0.05) is 32.7 Å². The van der Waals surface area contributed by atoms with E-state index in [0.29, 0.717) is 47.7 Å². The largest absolute Gasteiger partial charge is 0.390 e. The summed E-state index contributed by atoms with van der Waals surface area (Å²) in [5.41, 5.74) is 13.0. The number of aromatic nitrogens is 3. The zero-order valence-corrected chi connectivity index (χ0v) is 20.0. The van der Waals surface area contributed by atoms with Crippen LogP contribution in [0.15, 0.2) is 50.7 Å². The van der Waals surface area contributed by atoms with Crippen molar-refractivity contribution in [2.45, 2.75) is 45.8 Å². The highest BCUT2D eigenvalue weighted by Crippen LogP contribution is 2.32. The summed E-state index contributed by atoms with van der Waals surface area (Å²) in [6.45, 7) is 9.17. The Kier molecular flexibility index (Phi) is 7.58. The molecular formula is C24H32N8O2. The monoisotopic (exact) mass is 464 g/mol. The summed E-state index contributed by atoms with van der Waals surface area (Å²) >= 11 is 0. The summed E-state index contributed by atoms with van der Waals surface area (Å²) in [6, 6.07) is 2.23. The van der Waals surface area contributed by atoms with Gasteiger partial charge in [-0.05, 0) is 32.8 Å². The van der Waals surface area contributed by atoms with Crippen LogP contribution in [-0.2, 0) is 20.1 Å². The fourth-order valence-electron chi connectivity index (χ4n) is 4.38. The first-order valence-electron chi connectivity index (χ1n) is 11.2. The predicted octanol–water partition coefficient (Wildman–Crippen LogP) is 1.32. The molecule has 0 bridgehead atoms. The van der Waals surface area contributed by atoms with Crippen molar-refractivity contribution in [3.05, 3.63) is 62.5 Å². The molecule has 34 heavy (non-hydrogen) atoms. The second kappa shape index (κ2) is 10.4. The molecule has 1 saturated heterocycles. The van der Waals surface area contributed by atoms with Crippen LogP contribution < -0.4 is 27.6 Å². The molecule has 0 aliphatic carbocycles. The Labute approximate surface area is 198 Å². The number of hydrogen-bond acceptors (Lipinski definition) is 6. The third kappa shape index (κ3) is 4.61. The lowest BCUT2D eigenvalue weighted by atomic mass is 10.1. The molecule has 0 amide bonds. The normalized spacial score (nSPS) is 16.7. The number of aliphatic imine (C=N–C) groups is 1. The molecule has 0 spiro atoms. The zero-order valence-electron chi connectivity index (χ0n) is 20.0. The van der Waals surface area contributed by atoms with Gasteiger partial charge < -0.3 is 20.9 Å². The van der Waals surface area contributed by atoms with Crippen molar-refractivity contribution in [1.29, 1.82) is 5.26 Å². The lowest BCUT2D eigenvalue weighted by Gasteiger charge is -2.33. The molecule has 1 atom stereocenters. The number of fused-ring (bicyclic) bond motifs is 1. The average Bonchev–Trinajstić information content (AvgIpc) is 3.13. The molecule has 0 unspecified atom stereocenters. The van der Waals surface area contributed by atoms with Gasteiger partial charge in [-0.2, -0.15) is 5.26 Å². The standard InChI is InChI=1S/C24H32N8O2/c1-5-7-18(28-15-26)14-32-23(33)21-20(29(4)24(32)34)19(12-25)22(31(21)11-9-16(2)3)30-10-6-8-17(27)13-30/h5,7,9,15,17H,1,6,8,10-11,13-14,27H2,2-4H3,(H2,26,28)/b18-7-/t17-/m0/s1. The van der Waals surface area contributed by atoms with E-state index in [9.17, 15) is 14.9 Å². The first kappa shape index (κ1) is 24.8. The summed E-state index contributed by atoms with van der Waals surface area (Å²) in [5, 5.41) is 10.2. The van der Waals surface area contributed by atoms with E-state index in [0.717, 1.165) is 29.3 Å². The number of aryl methyl sites for hydroxylation is 1. The third-order valence-electron chi connectivity index (χ3n) is 5.93. The fraction of sp³-hybridized carbons (Fsp3) is 0.417. The van der Waals surface area contributed by atoms with Crippen LogP contribution in [-0.4, -0.2) is 39.2 Å². The molecule has 2 aromatic rings. The summed E-state index contributed by atoms with van der Waals surface area (Å²) in [6.07, 6.45) is 7.98. The second-order valence-electron chi connectivity index (χ2n) is 8.65. The van der Waals surface area contributed by atoms with Gasteiger partial charge >= 0.3 is 5.69 Å². The predicted molar refractivity (Wildman–Crippen MR) is 136 cm³/mol. The molecule has 0 radical (unpaired) electrons. The van der Waals surface area contributed by atoms with Gasteiger partial charge in [0.05, 0.1) is 24.1 Å². The Morgan fingerprint density at radius 2 is 2.03 bits per heavy atom. The first-order valence-corrected chi connectivity index (χ1v) is 11.2. The van der Waals surface area contributed by atoms with E-state index in [4.69, 9.17) is 11.5 Å². The van der Waals surface area contributed by atoms with Crippen molar-refractivity contribution in [1.82, 2.24) is 13.7 Å². The highest BCUT2D eigenvalue weighted by atomic mass is 16.2. The first-order chi connectivity index (χ1) is 16.2. The molecular weight excluding hydrogens is 432 g/mol. The number of allylic oxidation sites excluding steroid dienone is 5. The Balaban J connectivity index is 2.41. The fourth-order valence-corrected chi connectivity index (χ4v) is 4.38. The van der Waals surface area contributed by atoms with Crippen LogP contribution in [0.5, 0.6) is 0 Å². The van der Waals surface area contributed by atoms with Crippen molar-refractivity contribution < 1.29 is 0 Å². The van der Waals surface area contributed by atoms with Crippen LogP contribution in [0.25, 0.3) is 11.0 Å². The van der Waals surface area contributed by atoms with E-state index >= 15 is 0 Å². The van der Waals surface area contributed by atoms with E-state index in [2.05, 4.69) is 22.5 Å². The number of piperidine rings is 1. The average molecular weight is 465 g/mol. The molecule has 4 N–H and O–H groups in total. The number of hydrogen-bond donors (Lipinski definition) is 2. The third-order valence-corrected chi connectivity index (χ3v) is 5.93. The van der Waals surface area contributed by atoms with Crippen LogP contribution in [0.4, 0.5) is 5.82 Å². The van der Waals surface area contributed by atoms with Gasteiger partial charge in [-0.3, -0.25) is 13.9 Å². The molecule has 180 valence electrons. The van der Waals surface area contributed by atoms with E-state index in [-0.39, 0.29) is 12.6 Å². The Bertz CT molecular complexity index is 1340. The van der Waals surface area contributed by atoms with E-state index in [1.54, 1.807) is 13.1 Å². The minimum Gasteiger partial charge on any atom is -0.390 e. The quantitative estimate of drug-likeness (QED) is 0.274. The van der Waals surface area contributed by atoms with Gasteiger partial charge in [-0.15, -0.1) is 0 Å². The van der Waals surface area contributed by atoms with Gasteiger partial charge in [-0.1, -0.05) is 24.3 Å². The molecule has 0 saturated carbocycles. The van der Waals surface area contributed by atoms with Crippen LogP contribution in [0.3, 0.4) is 0 Å². The summed E-state index contributed by atoms with van der Waals surface area (Å²) in [7, 11) is 1.57. The molecule has 10 heteroatoms. The number of rotatable bonds is 7. The minimum atomic E-state index is -0.544. The van der Waals surface area contributed by atoms with E-state index < -0.39 is 11.2 Å². The smallest absolute Gasteiger partial charge is 0.331 e. The maximum atomic E-state index is 13.8. The lowest BCUT2D eigenvalue weighted by molar-refractivity contribution is 0.498. The van der Waals surface area contributed by atoms with E-state index in [1.807, 2.05) is 24.5 Å². The van der Waals surface area contributed by atoms with Crippen molar-refractivity contribution in [2.24, 2.45) is 23.5 Å². The van der Waals surface area contributed by atoms with Crippen molar-refractivity contribution in [3.8, 4) is 6.07 Å². The van der Waals surface area contributed by atoms with Gasteiger partial charge in [0.25, 0.3) is 5.56 Å². The Hall–Kier alpha value is -3.84. The van der Waals surface area contributed by atoms with Gasteiger partial charge in [0.1, 0.15) is 23.0 Å². The summed E-state index contributed by atoms with van der Waals surface area (Å²) < 4.78 is 4.30. The topological polar surface area (TPSA) is 140 Å². The molecule has 1 aliphatic heterocycles. The number of nitriles is 1. The summed E-state index contributed by atoms with van der Waals surface area (Å²) in [5.74, 6) is 0.622. The number of anilines is 1. The molecule has 2 aromatic heterocycles. The molecule has 3 heterocycles. The van der Waals surface area contributed by atoms with E-state index in [1.165, 1.54) is 10.6 Å². The molecule has 10 nitrogen and oxygen atoms in total. The minimum absolute atomic E-state index is 0.0311. The molecule has 1 fully saturated rings. The van der Waals surface area contributed by atoms with Crippen LogP contribution >= 0.6 is 0 Å². The summed E-state index contributed by atoms with van der Waals surface area (Å²) in [4.78, 5) is 33.1. The zero-order chi connectivity index (χ0) is 25.0. The van der Waals surface area contributed by atoms with Gasteiger partial charge in [-0.25, -0.2) is 9.79 Å². The Morgan fingerprint density at radius 1 is 1.29 bits per heavy atom. The molecule has 3 rings (SSSR count). The van der Waals surface area contributed by atoms with Crippen molar-refractivity contribution in [2.75, 3.05) is 18.0 Å². The van der Waals surface area contributed by atoms with Gasteiger partial charge in [0.15, 0.2) is 0 Å². The lowest BCUT2D eigenvalue weighted by Crippen LogP contribution is -2.44. The maximum Gasteiger partial charge on any atom is 0.331 e. The van der Waals surface area contributed by atoms with Crippen LogP contribution in [0, 0.1) is 11.3 Å². The SMILES string of the molecule is C=C/C=C(Cn1c(=O)c2c(c(C#N)c(N3CCC[C@H](N)C3)n2CC=C(C)C)n(C)c1=O)\N=C/N. The highest BCUT2D eigenvalue weighted by Gasteiger charge is 2.29. The maximum absolute atomic E-state index is 13.8. The Morgan fingerprint density at radius 3 is 2.62 bits per heavy atom. The molecule has 0 aromatic carbocycles. The number of nitrogens with zero attached hydrogens (tertiary/aromatic N) is 6. The van der Waals surface area contributed by atoms with Gasteiger partial charge in [0.2, 0.25) is 0 Å². The highest BCUT2D eigenvalue weighted by molar-refractivity contribution is 5.90. The van der Waals surface area contributed by atoms with Crippen LogP contribution in [0.2, 0.25) is 0 Å².